The Kier molecular flexibility index (Phi) is 6.37. The van der Waals surface area contributed by atoms with E-state index >= 15 is 0 Å². The second kappa shape index (κ2) is 9.35. The normalized spacial score (nSPS) is 14.5. The van der Waals surface area contributed by atoms with Gasteiger partial charge in [-0.1, -0.05) is 54.1 Å². The van der Waals surface area contributed by atoms with Gasteiger partial charge in [0.15, 0.2) is 5.69 Å². The summed E-state index contributed by atoms with van der Waals surface area (Å²) < 4.78 is 1.50. The average Bonchev–Trinajstić information content (AvgIpc) is 3.15. The van der Waals surface area contributed by atoms with E-state index in [2.05, 4.69) is 34.7 Å². The number of halogens is 1. The maximum atomic E-state index is 13.0. The molecule has 7 heteroatoms. The molecule has 1 aromatic heterocycles. The van der Waals surface area contributed by atoms with Crippen LogP contribution in [0.5, 0.6) is 0 Å². The molecule has 0 unspecified atom stereocenters. The third-order valence-corrected chi connectivity index (χ3v) is 6.06. The van der Waals surface area contributed by atoms with Crippen molar-refractivity contribution in [1.82, 2.24) is 14.7 Å². The summed E-state index contributed by atoms with van der Waals surface area (Å²) in [5.41, 5.74) is 2.05. The molecule has 0 spiro atoms. The van der Waals surface area contributed by atoms with Crippen molar-refractivity contribution in [2.24, 2.45) is 13.0 Å². The van der Waals surface area contributed by atoms with Crippen LogP contribution in [0.2, 0.25) is 5.02 Å². The Morgan fingerprint density at radius 2 is 1.74 bits per heavy atom. The molecule has 160 valence electrons. The number of piperidine rings is 1. The largest absolute Gasteiger partial charge is 0.337 e. The SMILES string of the molecule is Cn1nc(C(=O)N2CCC(Cc3ccccc3)CC2)cc1NC(=O)c1ccccc1Cl. The van der Waals surface area contributed by atoms with Crippen LogP contribution < -0.4 is 5.32 Å². The number of carbonyl (C=O) groups is 2. The van der Waals surface area contributed by atoms with Crippen LogP contribution in [0.3, 0.4) is 0 Å². The minimum Gasteiger partial charge on any atom is -0.337 e. The number of hydrogen-bond donors (Lipinski definition) is 1. The van der Waals surface area contributed by atoms with Crippen molar-refractivity contribution < 1.29 is 9.59 Å². The highest BCUT2D eigenvalue weighted by Crippen LogP contribution is 2.23. The van der Waals surface area contributed by atoms with E-state index in [4.69, 9.17) is 11.6 Å². The maximum absolute atomic E-state index is 13.0. The van der Waals surface area contributed by atoms with Gasteiger partial charge in [-0.15, -0.1) is 0 Å². The molecule has 1 aliphatic heterocycles. The Morgan fingerprint density at radius 3 is 2.45 bits per heavy atom. The second-order valence-corrected chi connectivity index (χ2v) is 8.30. The van der Waals surface area contributed by atoms with Gasteiger partial charge in [-0.2, -0.15) is 5.10 Å². The first-order valence-corrected chi connectivity index (χ1v) is 10.8. The molecular weight excluding hydrogens is 412 g/mol. The molecule has 0 aliphatic carbocycles. The standard InChI is InChI=1S/C24H25ClN4O2/c1-28-22(26-23(30)19-9-5-6-10-20(19)25)16-21(27-28)24(31)29-13-11-18(12-14-29)15-17-7-3-2-4-8-17/h2-10,16,18H,11-15H2,1H3,(H,26,30). The fraction of sp³-hybridized carbons (Fsp3) is 0.292. The second-order valence-electron chi connectivity index (χ2n) is 7.90. The van der Waals surface area contributed by atoms with Gasteiger partial charge in [-0.05, 0) is 42.9 Å². The molecule has 4 rings (SSSR count). The first kappa shape index (κ1) is 21.1. The summed E-state index contributed by atoms with van der Waals surface area (Å²) in [6.45, 7) is 1.43. The zero-order chi connectivity index (χ0) is 21.8. The molecule has 0 saturated carbocycles. The minimum absolute atomic E-state index is 0.105. The Morgan fingerprint density at radius 1 is 1.06 bits per heavy atom. The van der Waals surface area contributed by atoms with E-state index < -0.39 is 0 Å². The third kappa shape index (κ3) is 4.97. The predicted octanol–water partition coefficient (Wildman–Crippen LogP) is 4.42. The number of likely N-dealkylation sites (tertiary alicyclic amines) is 1. The molecular formula is C24H25ClN4O2. The molecule has 1 N–H and O–H groups in total. The van der Waals surface area contributed by atoms with Gasteiger partial charge in [0, 0.05) is 26.2 Å². The Hall–Kier alpha value is -3.12. The van der Waals surface area contributed by atoms with Gasteiger partial charge in [-0.25, -0.2) is 0 Å². The minimum atomic E-state index is -0.339. The molecule has 2 amide bonds. The van der Waals surface area contributed by atoms with Crippen LogP contribution in [-0.2, 0) is 13.5 Å². The topological polar surface area (TPSA) is 67.2 Å². The monoisotopic (exact) mass is 436 g/mol. The van der Waals surface area contributed by atoms with Crippen molar-refractivity contribution in [2.75, 3.05) is 18.4 Å². The Bertz CT molecular complexity index is 1070. The molecule has 1 fully saturated rings. The van der Waals surface area contributed by atoms with Crippen molar-refractivity contribution in [3.05, 3.63) is 82.5 Å². The van der Waals surface area contributed by atoms with Crippen molar-refractivity contribution >= 4 is 29.2 Å². The van der Waals surface area contributed by atoms with Gasteiger partial charge in [-0.3, -0.25) is 14.3 Å². The number of aromatic nitrogens is 2. The van der Waals surface area contributed by atoms with Gasteiger partial charge < -0.3 is 10.2 Å². The number of hydrogen-bond acceptors (Lipinski definition) is 3. The summed E-state index contributed by atoms with van der Waals surface area (Å²) >= 11 is 6.10. The quantitative estimate of drug-likeness (QED) is 0.643. The molecule has 2 aromatic carbocycles. The summed E-state index contributed by atoms with van der Waals surface area (Å²) in [5.74, 6) is 0.592. The highest BCUT2D eigenvalue weighted by Gasteiger charge is 2.26. The van der Waals surface area contributed by atoms with Crippen LogP contribution in [0.1, 0.15) is 39.3 Å². The Balaban J connectivity index is 1.36. The molecule has 1 saturated heterocycles. The molecule has 0 radical (unpaired) electrons. The van der Waals surface area contributed by atoms with Crippen molar-refractivity contribution in [3.63, 3.8) is 0 Å². The molecule has 6 nitrogen and oxygen atoms in total. The number of amides is 2. The average molecular weight is 437 g/mol. The summed E-state index contributed by atoms with van der Waals surface area (Å²) in [7, 11) is 1.70. The third-order valence-electron chi connectivity index (χ3n) is 5.73. The van der Waals surface area contributed by atoms with Crippen molar-refractivity contribution in [3.8, 4) is 0 Å². The molecule has 3 aromatic rings. The fourth-order valence-corrected chi connectivity index (χ4v) is 4.19. The lowest BCUT2D eigenvalue weighted by molar-refractivity contribution is 0.0683. The van der Waals surface area contributed by atoms with E-state index in [9.17, 15) is 9.59 Å². The van der Waals surface area contributed by atoms with E-state index in [0.717, 1.165) is 19.3 Å². The van der Waals surface area contributed by atoms with Crippen LogP contribution in [0.15, 0.2) is 60.7 Å². The van der Waals surface area contributed by atoms with E-state index in [1.807, 2.05) is 11.0 Å². The predicted molar refractivity (Wildman–Crippen MR) is 121 cm³/mol. The zero-order valence-corrected chi connectivity index (χ0v) is 18.2. The zero-order valence-electron chi connectivity index (χ0n) is 17.4. The van der Waals surface area contributed by atoms with Gasteiger partial charge in [0.25, 0.3) is 11.8 Å². The van der Waals surface area contributed by atoms with E-state index in [1.54, 1.807) is 37.4 Å². The van der Waals surface area contributed by atoms with Gasteiger partial charge in [0.2, 0.25) is 0 Å². The molecule has 31 heavy (non-hydrogen) atoms. The highest BCUT2D eigenvalue weighted by atomic mass is 35.5. The molecule has 2 heterocycles. The lowest BCUT2D eigenvalue weighted by atomic mass is 9.90. The van der Waals surface area contributed by atoms with Crippen LogP contribution in [0, 0.1) is 5.92 Å². The van der Waals surface area contributed by atoms with Gasteiger partial charge >= 0.3 is 0 Å². The smallest absolute Gasteiger partial charge is 0.274 e. The first-order valence-electron chi connectivity index (χ1n) is 10.4. The van der Waals surface area contributed by atoms with E-state index in [0.29, 0.717) is 41.1 Å². The molecule has 1 aliphatic rings. The van der Waals surface area contributed by atoms with Crippen LogP contribution in [0.25, 0.3) is 0 Å². The van der Waals surface area contributed by atoms with E-state index in [1.165, 1.54) is 10.2 Å². The number of anilines is 1. The van der Waals surface area contributed by atoms with Crippen molar-refractivity contribution in [1.29, 1.82) is 0 Å². The highest BCUT2D eigenvalue weighted by molar-refractivity contribution is 6.34. The van der Waals surface area contributed by atoms with Crippen LogP contribution in [0.4, 0.5) is 5.82 Å². The lowest BCUT2D eigenvalue weighted by Crippen LogP contribution is -2.39. The number of carbonyl (C=O) groups excluding carboxylic acids is 2. The van der Waals surface area contributed by atoms with Crippen LogP contribution >= 0.6 is 11.6 Å². The van der Waals surface area contributed by atoms with Gasteiger partial charge in [0.05, 0.1) is 10.6 Å². The number of benzene rings is 2. The number of rotatable bonds is 5. The fourth-order valence-electron chi connectivity index (χ4n) is 3.97. The first-order chi connectivity index (χ1) is 15.0. The summed E-state index contributed by atoms with van der Waals surface area (Å²) in [6, 6.07) is 18.9. The number of aryl methyl sites for hydroxylation is 1. The van der Waals surface area contributed by atoms with Crippen LogP contribution in [-0.4, -0.2) is 39.6 Å². The number of nitrogens with zero attached hydrogens (tertiary/aromatic N) is 3. The summed E-state index contributed by atoms with van der Waals surface area (Å²) in [5, 5.41) is 7.48. The summed E-state index contributed by atoms with van der Waals surface area (Å²) in [6.07, 6.45) is 3.00. The molecule has 0 bridgehead atoms. The maximum Gasteiger partial charge on any atom is 0.274 e. The van der Waals surface area contributed by atoms with E-state index in [-0.39, 0.29) is 11.8 Å². The number of nitrogens with one attached hydrogen (secondary N) is 1. The lowest BCUT2D eigenvalue weighted by Gasteiger charge is -2.31. The molecule has 0 atom stereocenters. The van der Waals surface area contributed by atoms with Gasteiger partial charge in [0.1, 0.15) is 5.82 Å². The summed E-state index contributed by atoms with van der Waals surface area (Å²) in [4.78, 5) is 27.3. The van der Waals surface area contributed by atoms with Crippen molar-refractivity contribution in [2.45, 2.75) is 19.3 Å². The Labute approximate surface area is 186 Å².